The van der Waals surface area contributed by atoms with E-state index in [1.807, 2.05) is 19.1 Å². The van der Waals surface area contributed by atoms with Gasteiger partial charge in [0.05, 0.1) is 25.5 Å². The largest absolute Gasteiger partial charge is 0.460 e. The Bertz CT molecular complexity index is 587. The van der Waals surface area contributed by atoms with Crippen molar-refractivity contribution >= 4 is 0 Å². The van der Waals surface area contributed by atoms with Gasteiger partial charge in [-0.25, -0.2) is 4.98 Å². The van der Waals surface area contributed by atoms with E-state index in [9.17, 15) is 0 Å². The average molecular weight is 229 g/mol. The zero-order chi connectivity index (χ0) is 11.9. The van der Waals surface area contributed by atoms with Crippen molar-refractivity contribution in [2.45, 2.75) is 12.3 Å². The molecule has 0 spiro atoms. The number of nitrogens with zero attached hydrogens (tertiary/aromatic N) is 2. The summed E-state index contributed by atoms with van der Waals surface area (Å²) in [6.45, 7) is 2.68. The van der Waals surface area contributed by atoms with E-state index in [4.69, 9.17) is 14.4 Å². The highest BCUT2D eigenvalue weighted by atomic mass is 16.5. The first-order chi connectivity index (χ1) is 8.23. The number of furan rings is 1. The van der Waals surface area contributed by atoms with Gasteiger partial charge in [0.15, 0.2) is 11.2 Å². The van der Waals surface area contributed by atoms with Crippen LogP contribution in [0, 0.1) is 18.3 Å². The van der Waals surface area contributed by atoms with Gasteiger partial charge in [-0.1, -0.05) is 0 Å². The van der Waals surface area contributed by atoms with Crippen LogP contribution in [0.5, 0.6) is 0 Å². The summed E-state index contributed by atoms with van der Waals surface area (Å²) in [7, 11) is 0. The predicted octanol–water partition coefficient (Wildman–Crippen LogP) is 1.77. The molecule has 5 nitrogen and oxygen atoms in total. The fraction of sp³-hybridized carbons (Fsp3) is 0.333. The molecule has 3 heterocycles. The summed E-state index contributed by atoms with van der Waals surface area (Å²) in [5.41, 5.74) is 0.175. The molecular weight excluding hydrogens is 218 g/mol. The second kappa shape index (κ2) is 3.47. The molecule has 0 radical (unpaired) electrons. The van der Waals surface area contributed by atoms with Gasteiger partial charge in [-0.05, 0) is 19.1 Å². The molecule has 2 aromatic rings. The number of hydrogen-bond acceptors (Lipinski definition) is 4. The Kier molecular flexibility index (Phi) is 2.06. The molecule has 0 bridgehead atoms. The molecule has 1 fully saturated rings. The van der Waals surface area contributed by atoms with Crippen molar-refractivity contribution in [2.75, 3.05) is 13.2 Å². The molecule has 0 unspecified atom stereocenters. The number of imidazole rings is 1. The summed E-state index contributed by atoms with van der Waals surface area (Å²) >= 11 is 0. The Morgan fingerprint density at radius 3 is 2.82 bits per heavy atom. The third kappa shape index (κ3) is 1.46. The van der Waals surface area contributed by atoms with Crippen LogP contribution in [0.4, 0.5) is 0 Å². The minimum absolute atomic E-state index is 0.396. The van der Waals surface area contributed by atoms with Crippen LogP contribution in [0.25, 0.3) is 11.5 Å². The topological polar surface area (TPSA) is 74.8 Å². The van der Waals surface area contributed by atoms with E-state index in [-0.39, 0.29) is 0 Å². The highest BCUT2D eigenvalue weighted by Gasteiger charge is 2.43. The maximum Gasteiger partial charge on any atom is 0.161 e. The van der Waals surface area contributed by atoms with Crippen LogP contribution < -0.4 is 0 Å². The van der Waals surface area contributed by atoms with Gasteiger partial charge in [0.1, 0.15) is 17.3 Å². The summed E-state index contributed by atoms with van der Waals surface area (Å²) in [5, 5.41) is 9.16. The Morgan fingerprint density at radius 2 is 2.29 bits per heavy atom. The number of H-pyrrole nitrogens is 1. The van der Waals surface area contributed by atoms with E-state index in [1.54, 1.807) is 6.20 Å². The number of aromatic nitrogens is 2. The lowest BCUT2D eigenvalue weighted by molar-refractivity contribution is -0.0335. The van der Waals surface area contributed by atoms with Crippen molar-refractivity contribution in [1.29, 1.82) is 5.26 Å². The minimum Gasteiger partial charge on any atom is -0.460 e. The molecule has 0 aromatic carbocycles. The Hall–Kier alpha value is -2.06. The molecule has 0 amide bonds. The average Bonchev–Trinajstić information content (AvgIpc) is 2.86. The maximum atomic E-state index is 9.16. The number of hydrogen-bond donors (Lipinski definition) is 1. The molecular formula is C12H11N3O2. The summed E-state index contributed by atoms with van der Waals surface area (Å²) in [4.78, 5) is 7.38. The van der Waals surface area contributed by atoms with E-state index >= 15 is 0 Å². The fourth-order valence-corrected chi connectivity index (χ4v) is 1.83. The van der Waals surface area contributed by atoms with E-state index in [1.165, 1.54) is 0 Å². The lowest BCUT2D eigenvalue weighted by atomic mass is 9.87. The van der Waals surface area contributed by atoms with Crippen LogP contribution in [0.2, 0.25) is 0 Å². The molecule has 2 aromatic heterocycles. The van der Waals surface area contributed by atoms with Crippen molar-refractivity contribution in [3.8, 4) is 17.5 Å². The van der Waals surface area contributed by atoms with Crippen LogP contribution >= 0.6 is 0 Å². The van der Waals surface area contributed by atoms with Gasteiger partial charge in [0, 0.05) is 0 Å². The molecule has 0 aliphatic carbocycles. The van der Waals surface area contributed by atoms with Crippen molar-refractivity contribution in [1.82, 2.24) is 9.97 Å². The van der Waals surface area contributed by atoms with Crippen molar-refractivity contribution in [3.63, 3.8) is 0 Å². The Labute approximate surface area is 98.0 Å². The van der Waals surface area contributed by atoms with Crippen LogP contribution in [-0.2, 0) is 10.2 Å². The number of rotatable bonds is 2. The SMILES string of the molecule is Cc1ccc(-c2cnc(C3(C#N)COC3)[nH]2)o1. The number of nitrogens with one attached hydrogen (secondary N) is 1. The zero-order valence-corrected chi connectivity index (χ0v) is 9.36. The predicted molar refractivity (Wildman–Crippen MR) is 59.1 cm³/mol. The van der Waals surface area contributed by atoms with Gasteiger partial charge in [-0.15, -0.1) is 0 Å². The highest BCUT2D eigenvalue weighted by Crippen LogP contribution is 2.31. The second-order valence-electron chi connectivity index (χ2n) is 4.24. The van der Waals surface area contributed by atoms with Gasteiger partial charge in [0.25, 0.3) is 0 Å². The molecule has 1 aliphatic heterocycles. The van der Waals surface area contributed by atoms with E-state index in [0.717, 1.165) is 17.2 Å². The first-order valence-electron chi connectivity index (χ1n) is 5.35. The van der Waals surface area contributed by atoms with Crippen molar-refractivity contribution in [2.24, 2.45) is 0 Å². The molecule has 17 heavy (non-hydrogen) atoms. The smallest absolute Gasteiger partial charge is 0.161 e. The number of nitriles is 1. The summed E-state index contributed by atoms with van der Waals surface area (Å²) in [5.74, 6) is 2.23. The maximum absolute atomic E-state index is 9.16. The van der Waals surface area contributed by atoms with E-state index < -0.39 is 5.41 Å². The normalized spacial score (nSPS) is 17.4. The zero-order valence-electron chi connectivity index (χ0n) is 9.36. The Balaban J connectivity index is 1.96. The first kappa shape index (κ1) is 10.1. The first-order valence-corrected chi connectivity index (χ1v) is 5.35. The minimum atomic E-state index is -0.611. The molecule has 0 saturated carbocycles. The molecule has 1 saturated heterocycles. The van der Waals surface area contributed by atoms with Gasteiger partial charge < -0.3 is 14.1 Å². The molecule has 86 valence electrons. The third-order valence-electron chi connectivity index (χ3n) is 2.95. The van der Waals surface area contributed by atoms with Gasteiger partial charge in [-0.3, -0.25) is 0 Å². The molecule has 1 N–H and O–H groups in total. The van der Waals surface area contributed by atoms with Gasteiger partial charge in [0.2, 0.25) is 0 Å². The van der Waals surface area contributed by atoms with E-state index in [0.29, 0.717) is 19.0 Å². The number of aryl methyl sites for hydroxylation is 1. The third-order valence-corrected chi connectivity index (χ3v) is 2.95. The van der Waals surface area contributed by atoms with Crippen LogP contribution in [0.15, 0.2) is 22.7 Å². The standard InChI is InChI=1S/C12H11N3O2/c1-8-2-3-10(17-8)9-4-14-11(15-9)12(5-13)6-16-7-12/h2-4H,6-7H2,1H3,(H,14,15). The van der Waals surface area contributed by atoms with Gasteiger partial charge >= 0.3 is 0 Å². The number of aromatic amines is 1. The van der Waals surface area contributed by atoms with E-state index in [2.05, 4.69) is 16.0 Å². The highest BCUT2D eigenvalue weighted by molar-refractivity contribution is 5.52. The van der Waals surface area contributed by atoms with Crippen LogP contribution in [0.1, 0.15) is 11.6 Å². The molecule has 5 heteroatoms. The summed E-state index contributed by atoms with van der Waals surface area (Å²) < 4.78 is 10.6. The van der Waals surface area contributed by atoms with Gasteiger partial charge in [-0.2, -0.15) is 5.26 Å². The molecule has 1 aliphatic rings. The van der Waals surface area contributed by atoms with Crippen molar-refractivity contribution < 1.29 is 9.15 Å². The van der Waals surface area contributed by atoms with Crippen molar-refractivity contribution in [3.05, 3.63) is 29.9 Å². The fourth-order valence-electron chi connectivity index (χ4n) is 1.83. The molecule has 0 atom stereocenters. The summed E-state index contributed by atoms with van der Waals surface area (Å²) in [6.07, 6.45) is 1.69. The summed E-state index contributed by atoms with van der Waals surface area (Å²) in [6, 6.07) is 6.02. The lowest BCUT2D eigenvalue weighted by Crippen LogP contribution is -2.46. The lowest BCUT2D eigenvalue weighted by Gasteiger charge is -2.32. The quantitative estimate of drug-likeness (QED) is 0.851. The Morgan fingerprint density at radius 1 is 1.47 bits per heavy atom. The monoisotopic (exact) mass is 229 g/mol. The van der Waals surface area contributed by atoms with Crippen LogP contribution in [-0.4, -0.2) is 23.2 Å². The second-order valence-corrected chi connectivity index (χ2v) is 4.24. The molecule has 3 rings (SSSR count). The number of ether oxygens (including phenoxy) is 1. The van der Waals surface area contributed by atoms with Crippen LogP contribution in [0.3, 0.4) is 0 Å².